The van der Waals surface area contributed by atoms with Gasteiger partial charge in [-0.3, -0.25) is 10.1 Å². The maximum atomic E-state index is 13.1. The van der Waals surface area contributed by atoms with Crippen LogP contribution in [0.4, 0.5) is 4.79 Å². The Bertz CT molecular complexity index is 1150. The number of alkyl carbamates (subject to hydrolysis) is 1. The number of nitrogens with zero attached hydrogens (tertiary/aromatic N) is 1. The number of hydrogen-bond acceptors (Lipinski definition) is 7. The number of rotatable bonds is 9. The van der Waals surface area contributed by atoms with Crippen molar-refractivity contribution in [1.29, 1.82) is 0 Å². The zero-order valence-corrected chi connectivity index (χ0v) is 19.3. The predicted molar refractivity (Wildman–Crippen MR) is 126 cm³/mol. The van der Waals surface area contributed by atoms with Crippen molar-refractivity contribution in [2.75, 3.05) is 6.54 Å². The molecule has 3 rings (SSSR count). The second kappa shape index (κ2) is 10.0. The topological polar surface area (TPSA) is 159 Å². The first-order valence-corrected chi connectivity index (χ1v) is 10.8. The van der Waals surface area contributed by atoms with E-state index in [2.05, 4.69) is 20.6 Å². The number of imidazole rings is 1. The van der Waals surface area contributed by atoms with Gasteiger partial charge in [0.1, 0.15) is 11.4 Å². The van der Waals surface area contributed by atoms with Gasteiger partial charge in [-0.1, -0.05) is 36.4 Å². The van der Waals surface area contributed by atoms with E-state index in [1.54, 1.807) is 32.9 Å². The molecule has 10 nitrogen and oxygen atoms in total. The number of para-hydroxylation sites is 2. The monoisotopic (exact) mass is 467 g/mol. The normalized spacial score (nSPS) is 13.3. The first-order chi connectivity index (χ1) is 16.0. The number of nitrogens with one attached hydrogen (secondary N) is 3. The first kappa shape index (κ1) is 24.9. The zero-order chi connectivity index (χ0) is 24.9. The lowest BCUT2D eigenvalue weighted by atomic mass is 9.89. The van der Waals surface area contributed by atoms with Crippen LogP contribution in [0, 0.1) is 0 Å². The van der Waals surface area contributed by atoms with Crippen LogP contribution in [-0.2, 0) is 22.6 Å². The van der Waals surface area contributed by atoms with E-state index in [1.807, 2.05) is 24.3 Å². The van der Waals surface area contributed by atoms with E-state index < -0.39 is 35.5 Å². The number of nitrogens with two attached hydrogens (primary N) is 1. The minimum Gasteiger partial charge on any atom is -0.479 e. The van der Waals surface area contributed by atoms with Crippen molar-refractivity contribution in [3.8, 4) is 0 Å². The van der Waals surface area contributed by atoms with Crippen LogP contribution in [-0.4, -0.2) is 50.6 Å². The van der Waals surface area contributed by atoms with Crippen molar-refractivity contribution >= 4 is 28.9 Å². The third-order valence-corrected chi connectivity index (χ3v) is 5.05. The second-order valence-corrected chi connectivity index (χ2v) is 8.87. The number of amides is 1. The van der Waals surface area contributed by atoms with Gasteiger partial charge >= 0.3 is 12.1 Å². The minimum atomic E-state index is -2.34. The highest BCUT2D eigenvalue weighted by molar-refractivity contribution is 6.17. The van der Waals surface area contributed by atoms with E-state index in [9.17, 15) is 19.5 Å². The Kier molecular flexibility index (Phi) is 7.33. The van der Waals surface area contributed by atoms with Gasteiger partial charge in [-0.15, -0.1) is 0 Å². The lowest BCUT2D eigenvalue weighted by molar-refractivity contribution is -0.142. The highest BCUT2D eigenvalue weighted by atomic mass is 16.6. The maximum Gasteiger partial charge on any atom is 0.408 e. The first-order valence-electron chi connectivity index (χ1n) is 10.8. The Morgan fingerprint density at radius 1 is 1.06 bits per heavy atom. The number of H-pyrrole nitrogens is 1. The molecule has 6 N–H and O–H groups in total. The largest absolute Gasteiger partial charge is 0.479 e. The van der Waals surface area contributed by atoms with Gasteiger partial charge in [0.25, 0.3) is 0 Å². The molecule has 0 saturated carbocycles. The molecular weight excluding hydrogens is 438 g/mol. The van der Waals surface area contributed by atoms with E-state index >= 15 is 0 Å². The van der Waals surface area contributed by atoms with Crippen LogP contribution in [0.3, 0.4) is 0 Å². The van der Waals surface area contributed by atoms with Crippen molar-refractivity contribution in [2.24, 2.45) is 5.73 Å². The average Bonchev–Trinajstić information content (AvgIpc) is 3.19. The summed E-state index contributed by atoms with van der Waals surface area (Å²) in [4.78, 5) is 45.0. The van der Waals surface area contributed by atoms with Crippen LogP contribution in [0.5, 0.6) is 0 Å². The average molecular weight is 468 g/mol. The molecule has 1 heterocycles. The summed E-state index contributed by atoms with van der Waals surface area (Å²) in [6.07, 6.45) is -1.04. The van der Waals surface area contributed by atoms with Crippen molar-refractivity contribution in [2.45, 2.75) is 45.0 Å². The molecule has 0 bridgehead atoms. The molecule has 0 aliphatic rings. The Morgan fingerprint density at radius 3 is 2.32 bits per heavy atom. The highest BCUT2D eigenvalue weighted by Gasteiger charge is 2.47. The molecule has 0 aliphatic carbocycles. The van der Waals surface area contributed by atoms with Gasteiger partial charge in [0, 0.05) is 18.7 Å². The lowest BCUT2D eigenvalue weighted by Crippen LogP contribution is -2.65. The quantitative estimate of drug-likeness (QED) is 0.237. The molecule has 1 atom stereocenters. The molecule has 0 fully saturated rings. The molecule has 0 radical (unpaired) electrons. The van der Waals surface area contributed by atoms with E-state index in [-0.39, 0.29) is 5.56 Å². The summed E-state index contributed by atoms with van der Waals surface area (Å²) < 4.78 is 5.11. The number of benzene rings is 2. The summed E-state index contributed by atoms with van der Waals surface area (Å²) in [6.45, 7) is 5.26. The van der Waals surface area contributed by atoms with Crippen molar-refractivity contribution < 1.29 is 24.2 Å². The van der Waals surface area contributed by atoms with E-state index in [4.69, 9.17) is 10.5 Å². The molecule has 1 unspecified atom stereocenters. The van der Waals surface area contributed by atoms with E-state index in [0.717, 1.165) is 22.4 Å². The van der Waals surface area contributed by atoms with Gasteiger partial charge in [-0.05, 0) is 38.5 Å². The third kappa shape index (κ3) is 5.77. The standard InChI is InChI=1S/C24H29N5O5/c1-23(2,3)34-22(33)29-24(14-25,21(31)32)20(30)16-10-8-15(9-11-16)12-26-13-19-27-17-6-4-5-7-18(17)28-19/h4-11,26H,12-14,25H2,1-3H3,(H,27,28)(H,29,33)(H,31,32). The molecular formula is C24H29N5O5. The Hall–Kier alpha value is -3.76. The van der Waals surface area contributed by atoms with Gasteiger partial charge in [-0.25, -0.2) is 14.6 Å². The Balaban J connectivity index is 1.66. The molecule has 2 aromatic carbocycles. The number of ketones is 1. The van der Waals surface area contributed by atoms with Crippen molar-refractivity contribution in [1.82, 2.24) is 20.6 Å². The van der Waals surface area contributed by atoms with Crippen LogP contribution in [0.2, 0.25) is 0 Å². The summed E-state index contributed by atoms with van der Waals surface area (Å²) in [5.74, 6) is -1.60. The van der Waals surface area contributed by atoms with Gasteiger partial charge in [0.05, 0.1) is 17.6 Å². The number of ether oxygens (including phenoxy) is 1. The summed E-state index contributed by atoms with van der Waals surface area (Å²) in [5.41, 5.74) is 5.26. The van der Waals surface area contributed by atoms with Crippen LogP contribution in [0.1, 0.15) is 42.5 Å². The minimum absolute atomic E-state index is 0.102. The van der Waals surface area contributed by atoms with Crippen LogP contribution >= 0.6 is 0 Å². The molecule has 10 heteroatoms. The maximum absolute atomic E-state index is 13.1. The number of fused-ring (bicyclic) bond motifs is 1. The molecule has 34 heavy (non-hydrogen) atoms. The number of hydrogen-bond donors (Lipinski definition) is 5. The number of carboxylic acid groups (broad SMARTS) is 1. The SMILES string of the molecule is CC(C)(C)OC(=O)NC(CN)(C(=O)O)C(=O)c1ccc(CNCc2nc3ccccc3[nH]2)cc1. The lowest BCUT2D eigenvalue weighted by Gasteiger charge is -2.29. The van der Waals surface area contributed by atoms with Crippen LogP contribution in [0.15, 0.2) is 48.5 Å². The van der Waals surface area contributed by atoms with Crippen molar-refractivity contribution in [3.05, 3.63) is 65.5 Å². The predicted octanol–water partition coefficient (Wildman–Crippen LogP) is 2.34. The van der Waals surface area contributed by atoms with Crippen LogP contribution in [0.25, 0.3) is 11.0 Å². The van der Waals surface area contributed by atoms with Gasteiger partial charge < -0.3 is 25.9 Å². The number of aromatic amines is 1. The van der Waals surface area contributed by atoms with Crippen LogP contribution < -0.4 is 16.4 Å². The van der Waals surface area contributed by atoms with E-state index in [0.29, 0.717) is 13.1 Å². The molecule has 180 valence electrons. The number of carboxylic acids is 1. The number of aliphatic carboxylic acids is 1. The number of carbonyl (C=O) groups excluding carboxylic acids is 2. The Labute approximate surface area is 196 Å². The molecule has 0 aliphatic heterocycles. The number of aromatic nitrogens is 2. The smallest absolute Gasteiger partial charge is 0.408 e. The van der Waals surface area contributed by atoms with Gasteiger partial charge in [0.15, 0.2) is 0 Å². The molecule has 1 aromatic heterocycles. The third-order valence-electron chi connectivity index (χ3n) is 5.05. The molecule has 1 amide bonds. The summed E-state index contributed by atoms with van der Waals surface area (Å²) in [7, 11) is 0. The molecule has 0 saturated heterocycles. The summed E-state index contributed by atoms with van der Waals surface area (Å²) in [6, 6.07) is 14.2. The number of Topliss-reactive ketones (excluding diaryl/α,β-unsaturated/α-hetero) is 1. The van der Waals surface area contributed by atoms with E-state index in [1.165, 1.54) is 12.1 Å². The highest BCUT2D eigenvalue weighted by Crippen LogP contribution is 2.17. The van der Waals surface area contributed by atoms with Gasteiger partial charge in [0.2, 0.25) is 11.3 Å². The fourth-order valence-electron chi connectivity index (χ4n) is 3.35. The summed E-state index contributed by atoms with van der Waals surface area (Å²) in [5, 5.41) is 15.2. The fourth-order valence-corrected chi connectivity index (χ4v) is 3.35. The fraction of sp³-hybridized carbons (Fsp3) is 0.333. The second-order valence-electron chi connectivity index (χ2n) is 8.87. The van der Waals surface area contributed by atoms with Gasteiger partial charge in [-0.2, -0.15) is 0 Å². The summed E-state index contributed by atoms with van der Waals surface area (Å²) >= 11 is 0. The molecule has 3 aromatic rings. The number of carbonyl (C=O) groups is 3. The molecule has 0 spiro atoms. The zero-order valence-electron chi connectivity index (χ0n) is 19.3. The Morgan fingerprint density at radius 2 is 1.74 bits per heavy atom. The van der Waals surface area contributed by atoms with Crippen molar-refractivity contribution in [3.63, 3.8) is 0 Å².